The van der Waals surface area contributed by atoms with Gasteiger partial charge in [-0.15, -0.1) is 11.6 Å². The second kappa shape index (κ2) is 8.61. The number of hydrogen-bond acceptors (Lipinski definition) is 2. The van der Waals surface area contributed by atoms with Crippen LogP contribution in [-0.4, -0.2) is 21.9 Å². The minimum Gasteiger partial charge on any atom is -0.376 e. The SMILES string of the molecule is N[C@H]1CC[C@H](NC(=S)C23CC4CC(c5ccccc5)(CC(C2)C4(Cl)Cc2ccccc2)C3)CC1. The van der Waals surface area contributed by atoms with Crippen molar-refractivity contribution in [2.24, 2.45) is 23.0 Å². The Balaban J connectivity index is 1.32. The molecule has 180 valence electrons. The van der Waals surface area contributed by atoms with Crippen molar-refractivity contribution in [1.82, 2.24) is 5.32 Å². The minimum absolute atomic E-state index is 0.0750. The molecule has 3 N–H and O–H groups in total. The number of thiocarbonyl (C=S) groups is 1. The number of nitrogens with one attached hydrogen (secondary N) is 1. The Labute approximate surface area is 215 Å². The van der Waals surface area contributed by atoms with Gasteiger partial charge in [-0.2, -0.15) is 0 Å². The molecule has 0 aliphatic heterocycles. The summed E-state index contributed by atoms with van der Waals surface area (Å²) in [7, 11) is 0. The molecule has 5 aliphatic rings. The van der Waals surface area contributed by atoms with Crippen LogP contribution in [0.5, 0.6) is 0 Å². The van der Waals surface area contributed by atoms with Gasteiger partial charge in [-0.25, -0.2) is 0 Å². The molecule has 2 unspecified atom stereocenters. The van der Waals surface area contributed by atoms with E-state index in [4.69, 9.17) is 29.6 Å². The smallest absolute Gasteiger partial charge is 0.0818 e. The van der Waals surface area contributed by atoms with Crippen molar-refractivity contribution in [2.75, 3.05) is 0 Å². The monoisotopic (exact) mass is 492 g/mol. The summed E-state index contributed by atoms with van der Waals surface area (Å²) < 4.78 is 0. The van der Waals surface area contributed by atoms with Gasteiger partial charge in [-0.05, 0) is 92.6 Å². The van der Waals surface area contributed by atoms with Crippen LogP contribution in [0.2, 0.25) is 0 Å². The van der Waals surface area contributed by atoms with Crippen molar-refractivity contribution in [1.29, 1.82) is 0 Å². The fraction of sp³-hybridized carbons (Fsp3) is 0.567. The molecular formula is C30H37ClN2S. The summed E-state index contributed by atoms with van der Waals surface area (Å²) in [6.45, 7) is 0. The lowest BCUT2D eigenvalue weighted by atomic mass is 9.39. The second-order valence-corrected chi connectivity index (χ2v) is 13.1. The van der Waals surface area contributed by atoms with Gasteiger partial charge < -0.3 is 11.1 Å². The standard InChI is InChI=1S/C30H37ClN2S/c31-30(15-21-7-3-1-4-8-21)23-16-28(22-9-5-2-6-10-22)17-24(30)19-29(18-23,20-28)27(34)33-26-13-11-25(32)12-14-26/h1-10,23-26H,11-20,32H2,(H,33,34)/t23?,24?,25-,26-,28?,29?,30?. The highest BCUT2D eigenvalue weighted by atomic mass is 35.5. The third kappa shape index (κ3) is 3.83. The van der Waals surface area contributed by atoms with Crippen LogP contribution in [0.4, 0.5) is 0 Å². The van der Waals surface area contributed by atoms with Crippen LogP contribution in [0.15, 0.2) is 60.7 Å². The minimum atomic E-state index is -0.170. The molecule has 0 radical (unpaired) electrons. The number of alkyl halides is 1. The van der Waals surface area contributed by atoms with E-state index in [2.05, 4.69) is 66.0 Å². The molecule has 0 saturated heterocycles. The van der Waals surface area contributed by atoms with Crippen LogP contribution in [0.1, 0.15) is 68.9 Å². The van der Waals surface area contributed by atoms with Gasteiger partial charge in [0.1, 0.15) is 0 Å². The van der Waals surface area contributed by atoms with Crippen molar-refractivity contribution < 1.29 is 0 Å². The number of hydrogen-bond donors (Lipinski definition) is 2. The predicted molar refractivity (Wildman–Crippen MR) is 145 cm³/mol. The highest BCUT2D eigenvalue weighted by Gasteiger charge is 2.67. The third-order valence-corrected chi connectivity index (χ3v) is 11.2. The zero-order valence-corrected chi connectivity index (χ0v) is 21.6. The van der Waals surface area contributed by atoms with Crippen LogP contribution in [0.3, 0.4) is 0 Å². The Morgan fingerprint density at radius 2 is 1.47 bits per heavy atom. The molecule has 0 amide bonds. The Morgan fingerprint density at radius 1 is 0.882 bits per heavy atom. The van der Waals surface area contributed by atoms with Crippen LogP contribution < -0.4 is 11.1 Å². The number of halogens is 1. The predicted octanol–water partition coefficient (Wildman–Crippen LogP) is 6.54. The van der Waals surface area contributed by atoms with Gasteiger partial charge >= 0.3 is 0 Å². The fourth-order valence-corrected chi connectivity index (χ4v) is 9.21. The van der Waals surface area contributed by atoms with Gasteiger partial charge in [0, 0.05) is 17.5 Å². The van der Waals surface area contributed by atoms with E-state index in [0.29, 0.717) is 23.9 Å². The maximum absolute atomic E-state index is 7.71. The summed E-state index contributed by atoms with van der Waals surface area (Å²) in [5.41, 5.74) is 9.31. The average Bonchev–Trinajstić information content (AvgIpc) is 2.85. The average molecular weight is 493 g/mol. The molecule has 5 saturated carbocycles. The molecular weight excluding hydrogens is 456 g/mol. The van der Waals surface area contributed by atoms with Gasteiger partial charge in [-0.1, -0.05) is 72.9 Å². The van der Waals surface area contributed by atoms with E-state index in [0.717, 1.165) is 49.9 Å². The van der Waals surface area contributed by atoms with Crippen LogP contribution >= 0.6 is 23.8 Å². The molecule has 5 fully saturated rings. The quantitative estimate of drug-likeness (QED) is 0.367. The van der Waals surface area contributed by atoms with Gasteiger partial charge in [0.05, 0.1) is 9.86 Å². The molecule has 0 aromatic heterocycles. The van der Waals surface area contributed by atoms with Crippen molar-refractivity contribution in [2.45, 2.75) is 86.6 Å². The molecule has 2 atom stereocenters. The molecule has 5 aliphatic carbocycles. The summed E-state index contributed by atoms with van der Waals surface area (Å²) in [5.74, 6) is 0.964. The van der Waals surface area contributed by atoms with Gasteiger partial charge in [-0.3, -0.25) is 0 Å². The molecule has 0 heterocycles. The van der Waals surface area contributed by atoms with Gasteiger partial charge in [0.15, 0.2) is 0 Å². The normalized spacial score (nSPS) is 40.8. The third-order valence-electron chi connectivity index (χ3n) is 9.88. The number of benzene rings is 2. The van der Waals surface area contributed by atoms with Crippen LogP contribution in [0.25, 0.3) is 0 Å². The van der Waals surface area contributed by atoms with E-state index in [1.807, 2.05) is 0 Å². The molecule has 2 aromatic carbocycles. The van der Waals surface area contributed by atoms with Gasteiger partial charge in [0.25, 0.3) is 0 Å². The molecule has 34 heavy (non-hydrogen) atoms. The first-order chi connectivity index (χ1) is 16.4. The van der Waals surface area contributed by atoms with E-state index in [1.54, 1.807) is 0 Å². The lowest BCUT2D eigenvalue weighted by Crippen LogP contribution is -2.67. The topological polar surface area (TPSA) is 38.0 Å². The van der Waals surface area contributed by atoms with Crippen molar-refractivity contribution in [3.63, 3.8) is 0 Å². The number of nitrogens with two attached hydrogens (primary N) is 1. The van der Waals surface area contributed by atoms with E-state index < -0.39 is 0 Å². The Hall–Kier alpha value is -1.42. The Bertz CT molecular complexity index is 1010. The molecule has 4 heteroatoms. The maximum atomic E-state index is 7.71. The van der Waals surface area contributed by atoms with E-state index >= 15 is 0 Å². The summed E-state index contributed by atoms with van der Waals surface area (Å²) in [6.07, 6.45) is 11.3. The molecule has 4 bridgehead atoms. The molecule has 2 nitrogen and oxygen atoms in total. The number of rotatable bonds is 5. The first-order valence-electron chi connectivity index (χ1n) is 13.3. The van der Waals surface area contributed by atoms with Crippen LogP contribution in [0, 0.1) is 17.3 Å². The van der Waals surface area contributed by atoms with Gasteiger partial charge in [0.2, 0.25) is 0 Å². The first kappa shape index (κ1) is 23.0. The summed E-state index contributed by atoms with van der Waals surface area (Å²) >= 11 is 14.0. The summed E-state index contributed by atoms with van der Waals surface area (Å²) in [6, 6.07) is 23.0. The van der Waals surface area contributed by atoms with Crippen LogP contribution in [-0.2, 0) is 11.8 Å². The van der Waals surface area contributed by atoms with E-state index in [9.17, 15) is 0 Å². The molecule has 2 aromatic rings. The summed E-state index contributed by atoms with van der Waals surface area (Å²) in [5, 5.41) is 3.87. The van der Waals surface area contributed by atoms with E-state index in [1.165, 1.54) is 30.4 Å². The fourth-order valence-electron chi connectivity index (χ4n) is 8.34. The highest BCUT2D eigenvalue weighted by Crippen LogP contribution is 2.70. The van der Waals surface area contributed by atoms with Crippen molar-refractivity contribution in [3.8, 4) is 0 Å². The second-order valence-electron chi connectivity index (χ2n) is 12.0. The Kier molecular flexibility index (Phi) is 5.82. The zero-order chi connectivity index (χ0) is 23.4. The first-order valence-corrected chi connectivity index (χ1v) is 14.0. The highest BCUT2D eigenvalue weighted by molar-refractivity contribution is 7.80. The molecule has 0 spiro atoms. The van der Waals surface area contributed by atoms with Crippen molar-refractivity contribution >= 4 is 28.8 Å². The maximum Gasteiger partial charge on any atom is 0.0818 e. The lowest BCUT2D eigenvalue weighted by molar-refractivity contribution is -0.0676. The Morgan fingerprint density at radius 3 is 2.09 bits per heavy atom. The summed E-state index contributed by atoms with van der Waals surface area (Å²) in [4.78, 5) is 0.956. The van der Waals surface area contributed by atoms with E-state index in [-0.39, 0.29) is 15.7 Å². The molecule has 7 rings (SSSR count). The van der Waals surface area contributed by atoms with Crippen molar-refractivity contribution in [3.05, 3.63) is 71.8 Å². The zero-order valence-electron chi connectivity index (χ0n) is 20.0. The largest absolute Gasteiger partial charge is 0.376 e. The lowest BCUT2D eigenvalue weighted by Gasteiger charge is -2.68.